The van der Waals surface area contributed by atoms with Crippen LogP contribution in [0.4, 0.5) is 0 Å². The molecule has 1 atom stereocenters. The zero-order chi connectivity index (χ0) is 9.72. The Morgan fingerprint density at radius 1 is 1.31 bits per heavy atom. The van der Waals surface area contributed by atoms with E-state index >= 15 is 0 Å². The highest BCUT2D eigenvalue weighted by Crippen LogP contribution is 1.98. The molecule has 6 heteroatoms. The van der Waals surface area contributed by atoms with Crippen molar-refractivity contribution >= 4 is 37.8 Å². The van der Waals surface area contributed by atoms with Crippen LogP contribution < -0.4 is 0 Å². The molecule has 0 bridgehead atoms. The van der Waals surface area contributed by atoms with Gasteiger partial charge in [0.15, 0.2) is 17.7 Å². The van der Waals surface area contributed by atoms with Gasteiger partial charge in [0.05, 0.1) is 6.42 Å². The van der Waals surface area contributed by atoms with Crippen LogP contribution in [0.1, 0.15) is 20.3 Å². The first-order valence-electron chi connectivity index (χ1n) is 3.54. The summed E-state index contributed by atoms with van der Waals surface area (Å²) in [6.07, 6.45) is -1.31. The molecule has 0 saturated heterocycles. The van der Waals surface area contributed by atoms with Gasteiger partial charge in [-0.2, -0.15) is 0 Å². The zero-order valence-corrected chi connectivity index (χ0v) is 8.64. The molecule has 0 spiro atoms. The summed E-state index contributed by atoms with van der Waals surface area (Å²) in [5.74, 6) is -1.11. The van der Waals surface area contributed by atoms with E-state index in [1.165, 1.54) is 21.9 Å². The molecule has 0 aliphatic rings. The standard InChI is InChI=1S/C7H11BO4.ClH/c1-4(9)3-6(11)7(12-8)5(2)10;/h7H,3,8H2,1-2H3;1H. The molecule has 1 unspecified atom stereocenters. The monoisotopic (exact) mass is 206 g/mol. The summed E-state index contributed by atoms with van der Waals surface area (Å²) in [6, 6.07) is 0. The number of hydrogen-bond acceptors (Lipinski definition) is 4. The summed E-state index contributed by atoms with van der Waals surface area (Å²) in [5.41, 5.74) is 0. The second-order valence-corrected chi connectivity index (χ2v) is 2.57. The molecule has 0 amide bonds. The van der Waals surface area contributed by atoms with E-state index < -0.39 is 11.9 Å². The first-order chi connectivity index (χ1) is 5.49. The molecule has 0 aromatic carbocycles. The molecule has 4 nitrogen and oxygen atoms in total. The topological polar surface area (TPSA) is 60.4 Å². The van der Waals surface area contributed by atoms with Crippen LogP contribution >= 0.6 is 12.4 Å². The van der Waals surface area contributed by atoms with Gasteiger partial charge in [0, 0.05) is 0 Å². The number of halogens is 1. The van der Waals surface area contributed by atoms with Crippen molar-refractivity contribution in [2.75, 3.05) is 0 Å². The average Bonchev–Trinajstić information content (AvgIpc) is 1.85. The molecule has 0 aliphatic heterocycles. The lowest BCUT2D eigenvalue weighted by Crippen LogP contribution is -2.31. The third kappa shape index (κ3) is 5.55. The lowest BCUT2D eigenvalue weighted by Gasteiger charge is -2.09. The van der Waals surface area contributed by atoms with Crippen LogP contribution in [0.3, 0.4) is 0 Å². The minimum absolute atomic E-state index is 0. The molecule has 0 radical (unpaired) electrons. The predicted molar refractivity (Wildman–Crippen MR) is 51.7 cm³/mol. The molecule has 0 N–H and O–H groups in total. The Morgan fingerprint density at radius 2 is 1.77 bits per heavy atom. The fourth-order valence-corrected chi connectivity index (χ4v) is 0.862. The highest BCUT2D eigenvalue weighted by Gasteiger charge is 2.22. The van der Waals surface area contributed by atoms with Crippen LogP contribution in [0.5, 0.6) is 0 Å². The van der Waals surface area contributed by atoms with Gasteiger partial charge >= 0.3 is 0 Å². The lowest BCUT2D eigenvalue weighted by atomic mass is 10.1. The highest BCUT2D eigenvalue weighted by atomic mass is 35.5. The van der Waals surface area contributed by atoms with Crippen molar-refractivity contribution in [3.8, 4) is 0 Å². The van der Waals surface area contributed by atoms with E-state index in [0.29, 0.717) is 0 Å². The maximum Gasteiger partial charge on any atom is 0.258 e. The van der Waals surface area contributed by atoms with E-state index in [4.69, 9.17) is 0 Å². The van der Waals surface area contributed by atoms with Crippen molar-refractivity contribution in [1.29, 1.82) is 0 Å². The van der Waals surface area contributed by atoms with E-state index in [1.54, 1.807) is 0 Å². The zero-order valence-electron chi connectivity index (χ0n) is 7.83. The van der Waals surface area contributed by atoms with Crippen molar-refractivity contribution in [3.05, 3.63) is 0 Å². The van der Waals surface area contributed by atoms with Crippen LogP contribution in [0, 0.1) is 0 Å². The highest BCUT2D eigenvalue weighted by molar-refractivity contribution is 6.13. The first-order valence-corrected chi connectivity index (χ1v) is 3.54. The summed E-state index contributed by atoms with van der Waals surface area (Å²) in [5, 5.41) is 0. The fourth-order valence-electron chi connectivity index (χ4n) is 0.862. The van der Waals surface area contributed by atoms with Crippen molar-refractivity contribution in [2.24, 2.45) is 0 Å². The molecular weight excluding hydrogens is 194 g/mol. The maximum absolute atomic E-state index is 11.1. The van der Waals surface area contributed by atoms with Gasteiger partial charge in [-0.3, -0.25) is 14.4 Å². The van der Waals surface area contributed by atoms with Crippen molar-refractivity contribution in [2.45, 2.75) is 26.4 Å². The van der Waals surface area contributed by atoms with Crippen molar-refractivity contribution in [3.63, 3.8) is 0 Å². The molecule has 0 aromatic heterocycles. The van der Waals surface area contributed by atoms with Gasteiger partial charge < -0.3 is 4.65 Å². The van der Waals surface area contributed by atoms with Crippen LogP contribution in [0.25, 0.3) is 0 Å². The minimum atomic E-state index is -1.08. The molecule has 0 heterocycles. The Bertz CT molecular complexity index is 217. The number of rotatable bonds is 5. The Labute approximate surface area is 83.9 Å². The molecule has 13 heavy (non-hydrogen) atoms. The van der Waals surface area contributed by atoms with Crippen LogP contribution in [-0.2, 0) is 19.0 Å². The maximum atomic E-state index is 11.1. The Morgan fingerprint density at radius 3 is 2.00 bits per heavy atom. The first kappa shape index (κ1) is 14.8. The van der Waals surface area contributed by atoms with Gasteiger partial charge in [-0.15, -0.1) is 12.4 Å². The van der Waals surface area contributed by atoms with E-state index in [9.17, 15) is 14.4 Å². The molecule has 0 fully saturated rings. The Balaban J connectivity index is 0. The van der Waals surface area contributed by atoms with Gasteiger partial charge in [-0.1, -0.05) is 0 Å². The lowest BCUT2D eigenvalue weighted by molar-refractivity contribution is -0.136. The van der Waals surface area contributed by atoms with Gasteiger partial charge in [-0.25, -0.2) is 0 Å². The van der Waals surface area contributed by atoms with Gasteiger partial charge in [0.25, 0.3) is 8.05 Å². The number of ketones is 3. The predicted octanol–water partition coefficient (Wildman–Crippen LogP) is -0.521. The van der Waals surface area contributed by atoms with Crippen LogP contribution in [0.2, 0.25) is 0 Å². The molecule has 74 valence electrons. The SMILES string of the molecule is BOC(C(C)=O)C(=O)CC(C)=O.Cl. The number of hydrogen-bond donors (Lipinski definition) is 0. The van der Waals surface area contributed by atoms with E-state index in [-0.39, 0.29) is 30.4 Å². The molecule has 0 aliphatic carbocycles. The fraction of sp³-hybridized carbons (Fsp3) is 0.571. The second-order valence-electron chi connectivity index (χ2n) is 2.57. The van der Waals surface area contributed by atoms with Crippen LogP contribution in [-0.4, -0.2) is 31.5 Å². The minimum Gasteiger partial charge on any atom is -0.429 e. The second kappa shape index (κ2) is 6.80. The molecular formula is C7H12BClO4. The van der Waals surface area contributed by atoms with Gasteiger partial charge in [0.2, 0.25) is 0 Å². The van der Waals surface area contributed by atoms with Crippen molar-refractivity contribution in [1.82, 2.24) is 0 Å². The summed E-state index contributed by atoms with van der Waals surface area (Å²) in [7, 11) is 1.27. The smallest absolute Gasteiger partial charge is 0.258 e. The number of carbonyl (C=O) groups is 3. The Kier molecular flexibility index (Phi) is 7.76. The largest absolute Gasteiger partial charge is 0.429 e. The molecule has 0 aromatic rings. The average molecular weight is 206 g/mol. The van der Waals surface area contributed by atoms with E-state index in [0.717, 1.165) is 0 Å². The summed E-state index contributed by atoms with van der Waals surface area (Å²) < 4.78 is 4.62. The summed E-state index contributed by atoms with van der Waals surface area (Å²) in [6.45, 7) is 2.55. The van der Waals surface area contributed by atoms with E-state index in [1.807, 2.05) is 0 Å². The quantitative estimate of drug-likeness (QED) is 0.449. The van der Waals surface area contributed by atoms with Gasteiger partial charge in [-0.05, 0) is 13.8 Å². The third-order valence-electron chi connectivity index (χ3n) is 1.32. The third-order valence-corrected chi connectivity index (χ3v) is 1.32. The number of Topliss-reactive ketones (excluding diaryl/α,β-unsaturated/α-hetero) is 3. The van der Waals surface area contributed by atoms with Crippen LogP contribution in [0.15, 0.2) is 0 Å². The molecule has 0 rings (SSSR count). The summed E-state index contributed by atoms with van der Waals surface area (Å²) in [4.78, 5) is 32.3. The van der Waals surface area contributed by atoms with Gasteiger partial charge in [0.1, 0.15) is 5.78 Å². The van der Waals surface area contributed by atoms with Crippen molar-refractivity contribution < 1.29 is 19.0 Å². The number of carbonyl (C=O) groups excluding carboxylic acids is 3. The van der Waals surface area contributed by atoms with E-state index in [2.05, 4.69) is 4.65 Å². The summed E-state index contributed by atoms with van der Waals surface area (Å²) >= 11 is 0. The normalized spacial score (nSPS) is 11.2. The Hall–Kier alpha value is -0.675. The molecule has 0 saturated carbocycles.